The van der Waals surface area contributed by atoms with E-state index in [0.717, 1.165) is 28.2 Å². The molecule has 0 fully saturated rings. The third kappa shape index (κ3) is 3.64. The van der Waals surface area contributed by atoms with Crippen molar-refractivity contribution in [2.45, 2.75) is 39.2 Å². The van der Waals surface area contributed by atoms with Crippen LogP contribution in [-0.2, 0) is 17.8 Å². The van der Waals surface area contributed by atoms with Crippen molar-refractivity contribution in [3.05, 3.63) is 51.9 Å². The number of hydrogen-bond donors (Lipinski definition) is 1. The average molecular weight is 356 g/mol. The summed E-state index contributed by atoms with van der Waals surface area (Å²) < 4.78 is 1.66. The second-order valence-corrected chi connectivity index (χ2v) is 6.79. The molecule has 2 heterocycles. The van der Waals surface area contributed by atoms with Crippen molar-refractivity contribution in [3.63, 3.8) is 0 Å². The Hall–Kier alpha value is -2.47. The molecular formula is C19H20N2O3S. The second-order valence-electron chi connectivity index (χ2n) is 5.93. The van der Waals surface area contributed by atoms with E-state index in [2.05, 4.69) is 0 Å². The monoisotopic (exact) mass is 356 g/mol. The van der Waals surface area contributed by atoms with E-state index < -0.39 is 5.97 Å². The lowest BCUT2D eigenvalue weighted by atomic mass is 10.1. The van der Waals surface area contributed by atoms with E-state index in [0.29, 0.717) is 24.8 Å². The van der Waals surface area contributed by atoms with Gasteiger partial charge >= 0.3 is 5.97 Å². The van der Waals surface area contributed by atoms with Crippen LogP contribution in [0.15, 0.2) is 40.5 Å². The van der Waals surface area contributed by atoms with Crippen LogP contribution in [-0.4, -0.2) is 20.6 Å². The molecule has 3 aromatic rings. The molecule has 0 radical (unpaired) electrons. The third-order valence-corrected chi connectivity index (χ3v) is 4.98. The van der Waals surface area contributed by atoms with Crippen LogP contribution in [0.25, 0.3) is 21.3 Å². The third-order valence-electron chi connectivity index (χ3n) is 4.10. The average Bonchev–Trinajstić information content (AvgIpc) is 3.02. The van der Waals surface area contributed by atoms with Gasteiger partial charge in [-0.3, -0.25) is 14.2 Å². The van der Waals surface area contributed by atoms with E-state index >= 15 is 0 Å². The van der Waals surface area contributed by atoms with Crippen LogP contribution in [0, 0.1) is 0 Å². The van der Waals surface area contributed by atoms with Crippen LogP contribution in [0.4, 0.5) is 0 Å². The van der Waals surface area contributed by atoms with Gasteiger partial charge in [0.15, 0.2) is 0 Å². The van der Waals surface area contributed by atoms with Gasteiger partial charge in [-0.15, -0.1) is 11.3 Å². The summed E-state index contributed by atoms with van der Waals surface area (Å²) in [5.41, 5.74) is 1.82. The second kappa shape index (κ2) is 7.61. The maximum Gasteiger partial charge on any atom is 0.303 e. The number of carboxylic acids is 1. The lowest BCUT2D eigenvalue weighted by Gasteiger charge is -2.12. The Morgan fingerprint density at radius 3 is 2.72 bits per heavy atom. The molecule has 0 amide bonds. The van der Waals surface area contributed by atoms with Gasteiger partial charge in [0.2, 0.25) is 0 Å². The quantitative estimate of drug-likeness (QED) is 0.696. The largest absolute Gasteiger partial charge is 0.481 e. The van der Waals surface area contributed by atoms with Gasteiger partial charge < -0.3 is 5.11 Å². The van der Waals surface area contributed by atoms with Crippen molar-refractivity contribution in [1.29, 1.82) is 0 Å². The highest BCUT2D eigenvalue weighted by molar-refractivity contribution is 7.17. The maximum atomic E-state index is 13.1. The van der Waals surface area contributed by atoms with Gasteiger partial charge in [0, 0.05) is 30.3 Å². The molecule has 1 N–H and O–H groups in total. The number of nitrogens with zero attached hydrogens (tertiary/aromatic N) is 2. The standard InChI is InChI=1S/C19H20N2O3S/c1-2-7-15-20-18-17(19(24)21(15)11-6-10-16(22)23)14(12-25-18)13-8-4-3-5-9-13/h3-5,8-9,12H,2,6-7,10-11H2,1H3,(H,22,23). The Balaban J connectivity index is 2.12. The van der Waals surface area contributed by atoms with Crippen molar-refractivity contribution < 1.29 is 9.90 Å². The smallest absolute Gasteiger partial charge is 0.303 e. The van der Waals surface area contributed by atoms with E-state index in [1.807, 2.05) is 42.6 Å². The fourth-order valence-corrected chi connectivity index (χ4v) is 3.89. The molecule has 130 valence electrons. The molecular weight excluding hydrogens is 336 g/mol. The summed E-state index contributed by atoms with van der Waals surface area (Å²) in [7, 11) is 0. The molecule has 25 heavy (non-hydrogen) atoms. The lowest BCUT2D eigenvalue weighted by Crippen LogP contribution is -2.25. The first-order valence-corrected chi connectivity index (χ1v) is 9.28. The molecule has 0 unspecified atom stereocenters. The molecule has 0 saturated heterocycles. The minimum absolute atomic E-state index is 0.0468. The van der Waals surface area contributed by atoms with Crippen molar-refractivity contribution in [1.82, 2.24) is 9.55 Å². The molecule has 2 aromatic heterocycles. The van der Waals surface area contributed by atoms with Gasteiger partial charge in [-0.05, 0) is 18.4 Å². The Kier molecular flexibility index (Phi) is 5.28. The number of rotatable bonds is 7. The zero-order chi connectivity index (χ0) is 17.8. The Labute approximate surface area is 149 Å². The van der Waals surface area contributed by atoms with Gasteiger partial charge in [0.05, 0.1) is 5.39 Å². The summed E-state index contributed by atoms with van der Waals surface area (Å²) in [5.74, 6) is -0.105. The van der Waals surface area contributed by atoms with Crippen LogP contribution >= 0.6 is 11.3 Å². The van der Waals surface area contributed by atoms with Crippen LogP contribution in [0.2, 0.25) is 0 Å². The summed E-state index contributed by atoms with van der Waals surface area (Å²) >= 11 is 1.48. The van der Waals surface area contributed by atoms with E-state index in [1.165, 1.54) is 11.3 Å². The number of aliphatic carboxylic acids is 1. The van der Waals surface area contributed by atoms with E-state index in [9.17, 15) is 9.59 Å². The fraction of sp³-hybridized carbons (Fsp3) is 0.316. The summed E-state index contributed by atoms with van der Waals surface area (Å²) in [6.07, 6.45) is 2.06. The van der Waals surface area contributed by atoms with E-state index in [1.54, 1.807) is 4.57 Å². The first-order valence-electron chi connectivity index (χ1n) is 8.40. The normalized spacial score (nSPS) is 11.1. The van der Waals surface area contributed by atoms with Crippen molar-refractivity contribution in [2.24, 2.45) is 0 Å². The molecule has 0 aliphatic heterocycles. The van der Waals surface area contributed by atoms with Crippen molar-refractivity contribution in [3.8, 4) is 11.1 Å². The predicted octanol–water partition coefficient (Wildman–Crippen LogP) is 3.94. The van der Waals surface area contributed by atoms with Crippen molar-refractivity contribution in [2.75, 3.05) is 0 Å². The summed E-state index contributed by atoms with van der Waals surface area (Å²) in [6, 6.07) is 9.80. The first kappa shape index (κ1) is 17.4. The topological polar surface area (TPSA) is 72.2 Å². The molecule has 3 rings (SSSR count). The van der Waals surface area contributed by atoms with Crippen LogP contribution in [0.1, 0.15) is 32.0 Å². The first-order chi connectivity index (χ1) is 12.1. The van der Waals surface area contributed by atoms with Crippen LogP contribution in [0.5, 0.6) is 0 Å². The number of fused-ring (bicyclic) bond motifs is 1. The Bertz CT molecular complexity index is 944. The highest BCUT2D eigenvalue weighted by Crippen LogP contribution is 2.31. The summed E-state index contributed by atoms with van der Waals surface area (Å²) in [5, 5.41) is 11.5. The molecule has 0 aliphatic carbocycles. The van der Waals surface area contributed by atoms with Gasteiger partial charge in [0.25, 0.3) is 5.56 Å². The minimum Gasteiger partial charge on any atom is -0.481 e. The molecule has 0 saturated carbocycles. The van der Waals surface area contributed by atoms with E-state index in [4.69, 9.17) is 10.1 Å². The highest BCUT2D eigenvalue weighted by atomic mass is 32.1. The zero-order valence-corrected chi connectivity index (χ0v) is 14.9. The Morgan fingerprint density at radius 2 is 2.04 bits per heavy atom. The molecule has 0 bridgehead atoms. The number of thiophene rings is 1. The van der Waals surface area contributed by atoms with Crippen molar-refractivity contribution >= 4 is 27.5 Å². The molecule has 0 aliphatic rings. The number of carboxylic acid groups (broad SMARTS) is 1. The summed E-state index contributed by atoms with van der Waals surface area (Å²) in [6.45, 7) is 2.43. The number of carbonyl (C=O) groups is 1. The number of aromatic nitrogens is 2. The fourth-order valence-electron chi connectivity index (χ4n) is 2.93. The van der Waals surface area contributed by atoms with Gasteiger partial charge in [-0.1, -0.05) is 37.3 Å². The number of aryl methyl sites for hydroxylation is 1. The van der Waals surface area contributed by atoms with E-state index in [-0.39, 0.29) is 12.0 Å². The Morgan fingerprint density at radius 1 is 1.28 bits per heavy atom. The van der Waals surface area contributed by atoms with Gasteiger partial charge in [-0.2, -0.15) is 0 Å². The molecule has 6 heteroatoms. The molecule has 0 spiro atoms. The SMILES string of the molecule is CCCc1nc2scc(-c3ccccc3)c2c(=O)n1CCCC(=O)O. The maximum absolute atomic E-state index is 13.1. The summed E-state index contributed by atoms with van der Waals surface area (Å²) in [4.78, 5) is 29.4. The highest BCUT2D eigenvalue weighted by Gasteiger charge is 2.16. The van der Waals surface area contributed by atoms with Gasteiger partial charge in [0.1, 0.15) is 10.7 Å². The minimum atomic E-state index is -0.848. The lowest BCUT2D eigenvalue weighted by molar-refractivity contribution is -0.137. The van der Waals surface area contributed by atoms with Crippen LogP contribution in [0.3, 0.4) is 0 Å². The number of benzene rings is 1. The molecule has 1 aromatic carbocycles. The van der Waals surface area contributed by atoms with Gasteiger partial charge in [-0.25, -0.2) is 4.98 Å². The zero-order valence-electron chi connectivity index (χ0n) is 14.1. The number of hydrogen-bond acceptors (Lipinski definition) is 4. The van der Waals surface area contributed by atoms with Crippen LogP contribution < -0.4 is 5.56 Å². The molecule has 0 atom stereocenters. The predicted molar refractivity (Wildman–Crippen MR) is 100 cm³/mol. The molecule has 5 nitrogen and oxygen atoms in total.